The molecule has 26 heavy (non-hydrogen) atoms. The van der Waals surface area contributed by atoms with Gasteiger partial charge in [0.05, 0.1) is 14.2 Å². The zero-order chi connectivity index (χ0) is 18.8. The van der Waals surface area contributed by atoms with Crippen LogP contribution in [0.25, 0.3) is 11.0 Å². The van der Waals surface area contributed by atoms with E-state index in [1.807, 2.05) is 19.1 Å². The first kappa shape index (κ1) is 17.7. The molecule has 0 atom stereocenters. The fourth-order valence-corrected chi connectivity index (χ4v) is 2.92. The molecule has 2 aromatic carbocycles. The minimum atomic E-state index is -0.452. The summed E-state index contributed by atoms with van der Waals surface area (Å²) in [5, 5.41) is 14.0. The molecule has 2 N–H and O–H groups in total. The minimum absolute atomic E-state index is 0.0986. The molecule has 0 saturated heterocycles. The van der Waals surface area contributed by atoms with Gasteiger partial charge in [-0.1, -0.05) is 0 Å². The van der Waals surface area contributed by atoms with Gasteiger partial charge in [-0.2, -0.15) is 0 Å². The summed E-state index contributed by atoms with van der Waals surface area (Å²) in [7, 11) is 3.18. The quantitative estimate of drug-likeness (QED) is 0.679. The molecule has 6 heteroatoms. The number of hydrogen-bond acceptors (Lipinski definition) is 6. The van der Waals surface area contributed by atoms with Gasteiger partial charge in [0.25, 0.3) is 0 Å². The number of rotatable bonds is 5. The summed E-state index contributed by atoms with van der Waals surface area (Å²) >= 11 is 0. The SMILES string of the molecule is COc1cc(C)c(NCc2cc(=O)oc3c(C)c(O)ccc23)cc1OC. The summed E-state index contributed by atoms with van der Waals surface area (Å²) in [6.07, 6.45) is 0. The summed E-state index contributed by atoms with van der Waals surface area (Å²) in [5.74, 6) is 1.38. The highest BCUT2D eigenvalue weighted by Crippen LogP contribution is 2.33. The van der Waals surface area contributed by atoms with Gasteiger partial charge in [0.1, 0.15) is 11.3 Å². The van der Waals surface area contributed by atoms with Crippen LogP contribution >= 0.6 is 0 Å². The lowest BCUT2D eigenvalue weighted by Crippen LogP contribution is -2.07. The molecule has 0 spiro atoms. The Morgan fingerprint density at radius 2 is 1.77 bits per heavy atom. The largest absolute Gasteiger partial charge is 0.508 e. The van der Waals surface area contributed by atoms with Gasteiger partial charge in [0, 0.05) is 35.3 Å². The van der Waals surface area contributed by atoms with Crippen molar-refractivity contribution in [2.75, 3.05) is 19.5 Å². The Morgan fingerprint density at radius 1 is 1.08 bits per heavy atom. The third kappa shape index (κ3) is 3.18. The molecule has 0 fully saturated rings. The van der Waals surface area contributed by atoms with Gasteiger partial charge in [0.15, 0.2) is 11.5 Å². The highest BCUT2D eigenvalue weighted by Gasteiger charge is 2.12. The number of aryl methyl sites for hydroxylation is 2. The van der Waals surface area contributed by atoms with Crippen molar-refractivity contribution in [2.24, 2.45) is 0 Å². The Labute approximate surface area is 151 Å². The van der Waals surface area contributed by atoms with Crippen LogP contribution in [0.2, 0.25) is 0 Å². The molecule has 0 aliphatic carbocycles. The molecule has 1 heterocycles. The number of phenols is 1. The number of hydrogen-bond donors (Lipinski definition) is 2. The van der Waals surface area contributed by atoms with Crippen LogP contribution in [0.1, 0.15) is 16.7 Å². The number of anilines is 1. The maximum atomic E-state index is 11.9. The van der Waals surface area contributed by atoms with Crippen LogP contribution in [0.4, 0.5) is 5.69 Å². The van der Waals surface area contributed by atoms with E-state index in [0.29, 0.717) is 29.2 Å². The molecule has 1 aromatic heterocycles. The molecule has 0 amide bonds. The van der Waals surface area contributed by atoms with E-state index >= 15 is 0 Å². The molecule has 136 valence electrons. The van der Waals surface area contributed by atoms with Crippen molar-refractivity contribution in [2.45, 2.75) is 20.4 Å². The van der Waals surface area contributed by atoms with E-state index in [2.05, 4.69) is 5.32 Å². The monoisotopic (exact) mass is 355 g/mol. The standard InChI is InChI=1S/C20H21NO5/c1-11-7-17(24-3)18(25-4)9-15(11)21-10-13-8-19(23)26-20-12(2)16(22)6-5-14(13)20/h5-9,21-22H,10H2,1-4H3. The van der Waals surface area contributed by atoms with Crippen LogP contribution in [0.3, 0.4) is 0 Å². The lowest BCUT2D eigenvalue weighted by molar-refractivity contribution is 0.355. The van der Waals surface area contributed by atoms with E-state index in [0.717, 1.165) is 22.2 Å². The maximum absolute atomic E-state index is 11.9. The second kappa shape index (κ2) is 7.00. The molecular weight excluding hydrogens is 334 g/mol. The van der Waals surface area contributed by atoms with E-state index in [-0.39, 0.29) is 5.75 Å². The Bertz CT molecular complexity index is 1020. The van der Waals surface area contributed by atoms with Crippen molar-refractivity contribution in [3.8, 4) is 17.2 Å². The Balaban J connectivity index is 1.98. The molecule has 3 rings (SSSR count). The molecule has 0 bridgehead atoms. The summed E-state index contributed by atoms with van der Waals surface area (Å²) in [6, 6.07) is 8.56. The first-order valence-corrected chi connectivity index (χ1v) is 8.16. The van der Waals surface area contributed by atoms with Crippen LogP contribution in [0.15, 0.2) is 39.5 Å². The van der Waals surface area contributed by atoms with Crippen molar-refractivity contribution in [3.63, 3.8) is 0 Å². The second-order valence-corrected chi connectivity index (χ2v) is 6.05. The zero-order valence-corrected chi connectivity index (χ0v) is 15.2. The molecule has 3 aromatic rings. The first-order valence-electron chi connectivity index (χ1n) is 8.16. The van der Waals surface area contributed by atoms with Gasteiger partial charge in [0.2, 0.25) is 0 Å². The second-order valence-electron chi connectivity index (χ2n) is 6.05. The van der Waals surface area contributed by atoms with Crippen molar-refractivity contribution < 1.29 is 19.0 Å². The number of methoxy groups -OCH3 is 2. The first-order chi connectivity index (χ1) is 12.4. The molecular formula is C20H21NO5. The predicted molar refractivity (Wildman–Crippen MR) is 100 cm³/mol. The fourth-order valence-electron chi connectivity index (χ4n) is 2.92. The minimum Gasteiger partial charge on any atom is -0.508 e. The van der Waals surface area contributed by atoms with Crippen LogP contribution in [-0.4, -0.2) is 19.3 Å². The van der Waals surface area contributed by atoms with Gasteiger partial charge in [-0.05, 0) is 43.2 Å². The summed E-state index contributed by atoms with van der Waals surface area (Å²) < 4.78 is 15.9. The Morgan fingerprint density at radius 3 is 2.46 bits per heavy atom. The average molecular weight is 355 g/mol. The fraction of sp³-hybridized carbons (Fsp3) is 0.250. The normalized spacial score (nSPS) is 10.8. The number of ether oxygens (including phenoxy) is 2. The van der Waals surface area contributed by atoms with Crippen molar-refractivity contribution in [3.05, 3.63) is 57.4 Å². The van der Waals surface area contributed by atoms with Gasteiger partial charge in [-0.15, -0.1) is 0 Å². The number of phenolic OH excluding ortho intramolecular Hbond substituents is 1. The van der Waals surface area contributed by atoms with Crippen LogP contribution in [-0.2, 0) is 6.54 Å². The zero-order valence-electron chi connectivity index (χ0n) is 15.2. The number of nitrogens with one attached hydrogen (secondary N) is 1. The highest BCUT2D eigenvalue weighted by molar-refractivity contribution is 5.85. The van der Waals surface area contributed by atoms with Crippen LogP contribution in [0.5, 0.6) is 17.2 Å². The summed E-state index contributed by atoms with van der Waals surface area (Å²) in [6.45, 7) is 4.10. The van der Waals surface area contributed by atoms with Crippen molar-refractivity contribution in [1.29, 1.82) is 0 Å². The number of benzene rings is 2. The highest BCUT2D eigenvalue weighted by atomic mass is 16.5. The third-order valence-corrected chi connectivity index (χ3v) is 4.42. The van der Waals surface area contributed by atoms with Crippen LogP contribution in [0, 0.1) is 13.8 Å². The summed E-state index contributed by atoms with van der Waals surface area (Å²) in [5.41, 5.74) is 3.14. The van der Waals surface area contributed by atoms with Crippen molar-refractivity contribution >= 4 is 16.7 Å². The lowest BCUT2D eigenvalue weighted by Gasteiger charge is -2.15. The van der Waals surface area contributed by atoms with Gasteiger partial charge in [-0.3, -0.25) is 0 Å². The van der Waals surface area contributed by atoms with Gasteiger partial charge >= 0.3 is 5.63 Å². The third-order valence-electron chi connectivity index (χ3n) is 4.42. The number of fused-ring (bicyclic) bond motifs is 1. The van der Waals surface area contributed by atoms with E-state index in [1.165, 1.54) is 6.07 Å². The van der Waals surface area contributed by atoms with E-state index < -0.39 is 5.63 Å². The average Bonchev–Trinajstić information content (AvgIpc) is 2.63. The molecule has 0 aliphatic rings. The van der Waals surface area contributed by atoms with Crippen LogP contribution < -0.4 is 20.4 Å². The topological polar surface area (TPSA) is 80.9 Å². The van der Waals surface area contributed by atoms with E-state index in [9.17, 15) is 9.90 Å². The predicted octanol–water partition coefficient (Wildman–Crippen LogP) is 3.74. The Hall–Kier alpha value is -3.15. The van der Waals surface area contributed by atoms with Crippen molar-refractivity contribution in [1.82, 2.24) is 0 Å². The van der Waals surface area contributed by atoms with Gasteiger partial charge in [-0.25, -0.2) is 4.79 Å². The molecule has 0 saturated carbocycles. The van der Waals surface area contributed by atoms with E-state index in [1.54, 1.807) is 33.3 Å². The molecule has 0 aliphatic heterocycles. The Kier molecular flexibility index (Phi) is 4.75. The lowest BCUT2D eigenvalue weighted by atomic mass is 10.1. The summed E-state index contributed by atoms with van der Waals surface area (Å²) in [4.78, 5) is 11.9. The molecule has 0 unspecified atom stereocenters. The molecule has 6 nitrogen and oxygen atoms in total. The molecule has 0 radical (unpaired) electrons. The number of aromatic hydroxyl groups is 1. The maximum Gasteiger partial charge on any atom is 0.336 e. The smallest absolute Gasteiger partial charge is 0.336 e. The van der Waals surface area contributed by atoms with Gasteiger partial charge < -0.3 is 24.3 Å². The van der Waals surface area contributed by atoms with E-state index in [4.69, 9.17) is 13.9 Å².